The number of pyridine rings is 1. The van der Waals surface area contributed by atoms with Crippen LogP contribution in [0.2, 0.25) is 0 Å². The molecule has 0 bridgehead atoms. The Kier molecular flexibility index (Phi) is 3.71. The van der Waals surface area contributed by atoms with Gasteiger partial charge in [0, 0.05) is 26.9 Å². The summed E-state index contributed by atoms with van der Waals surface area (Å²) >= 11 is 0. The molecular weight excluding hydrogens is 164 g/mol. The Morgan fingerprint density at radius 1 is 1.54 bits per heavy atom. The van der Waals surface area contributed by atoms with Crippen molar-refractivity contribution in [3.05, 3.63) is 23.9 Å². The maximum atomic E-state index is 4.99. The van der Waals surface area contributed by atoms with E-state index in [1.54, 1.807) is 7.11 Å². The van der Waals surface area contributed by atoms with Gasteiger partial charge in [0.2, 0.25) is 0 Å². The van der Waals surface area contributed by atoms with E-state index in [2.05, 4.69) is 22.9 Å². The second-order valence-electron chi connectivity index (χ2n) is 3.11. The zero-order valence-corrected chi connectivity index (χ0v) is 8.45. The van der Waals surface area contributed by atoms with Crippen molar-refractivity contribution < 1.29 is 4.74 Å². The quantitative estimate of drug-likeness (QED) is 0.701. The number of likely N-dealkylation sites (N-methyl/N-ethyl adjacent to an activating group) is 1. The minimum atomic E-state index is 0.728. The van der Waals surface area contributed by atoms with Crippen LogP contribution in [0.25, 0.3) is 0 Å². The fourth-order valence-electron chi connectivity index (χ4n) is 1.07. The number of aromatic nitrogens is 1. The lowest BCUT2D eigenvalue weighted by Gasteiger charge is -2.17. The number of aryl methyl sites for hydroxylation is 1. The highest BCUT2D eigenvalue weighted by Crippen LogP contribution is 2.09. The third-order valence-corrected chi connectivity index (χ3v) is 1.92. The van der Waals surface area contributed by atoms with Gasteiger partial charge in [-0.05, 0) is 24.6 Å². The number of hydrogen-bond donors (Lipinski definition) is 0. The van der Waals surface area contributed by atoms with Crippen LogP contribution >= 0.6 is 0 Å². The molecule has 0 aromatic carbocycles. The second-order valence-corrected chi connectivity index (χ2v) is 3.11. The summed E-state index contributed by atoms with van der Waals surface area (Å²) in [7, 11) is 3.72. The van der Waals surface area contributed by atoms with Gasteiger partial charge in [-0.3, -0.25) is 0 Å². The molecule has 0 radical (unpaired) electrons. The molecule has 1 rings (SSSR count). The summed E-state index contributed by atoms with van der Waals surface area (Å²) in [5.41, 5.74) is 1.23. The first-order valence-electron chi connectivity index (χ1n) is 4.37. The average Bonchev–Trinajstić information content (AvgIpc) is 2.14. The van der Waals surface area contributed by atoms with E-state index in [-0.39, 0.29) is 0 Å². The fourth-order valence-corrected chi connectivity index (χ4v) is 1.07. The van der Waals surface area contributed by atoms with Gasteiger partial charge in [-0.15, -0.1) is 0 Å². The highest BCUT2D eigenvalue weighted by atomic mass is 16.5. The standard InChI is InChI=1S/C10H16N2O/c1-9-4-5-11-10(8-9)12(2)6-7-13-3/h4-5,8H,6-7H2,1-3H3. The van der Waals surface area contributed by atoms with E-state index >= 15 is 0 Å². The minimum absolute atomic E-state index is 0.728. The van der Waals surface area contributed by atoms with Crippen molar-refractivity contribution >= 4 is 5.82 Å². The van der Waals surface area contributed by atoms with Gasteiger partial charge in [-0.25, -0.2) is 4.98 Å². The normalized spacial score (nSPS) is 10.1. The summed E-state index contributed by atoms with van der Waals surface area (Å²) in [5, 5.41) is 0. The van der Waals surface area contributed by atoms with Crippen LogP contribution in [-0.2, 0) is 4.74 Å². The van der Waals surface area contributed by atoms with Crippen LogP contribution in [-0.4, -0.2) is 32.3 Å². The Morgan fingerprint density at radius 2 is 2.31 bits per heavy atom. The molecule has 0 aliphatic heterocycles. The number of ether oxygens (including phenoxy) is 1. The largest absolute Gasteiger partial charge is 0.383 e. The van der Waals surface area contributed by atoms with Crippen LogP contribution < -0.4 is 4.90 Å². The molecule has 3 nitrogen and oxygen atoms in total. The third-order valence-electron chi connectivity index (χ3n) is 1.92. The smallest absolute Gasteiger partial charge is 0.128 e. The van der Waals surface area contributed by atoms with Crippen LogP contribution in [0.4, 0.5) is 5.82 Å². The van der Waals surface area contributed by atoms with Crippen molar-refractivity contribution in [1.82, 2.24) is 4.98 Å². The number of hydrogen-bond acceptors (Lipinski definition) is 3. The summed E-state index contributed by atoms with van der Waals surface area (Å²) in [6.07, 6.45) is 1.83. The maximum absolute atomic E-state index is 4.99. The Bertz CT molecular complexity index is 263. The van der Waals surface area contributed by atoms with Gasteiger partial charge in [0.05, 0.1) is 6.61 Å². The number of methoxy groups -OCH3 is 1. The maximum Gasteiger partial charge on any atom is 0.128 e. The Hall–Kier alpha value is -1.09. The van der Waals surface area contributed by atoms with Gasteiger partial charge in [-0.1, -0.05) is 0 Å². The Labute approximate surface area is 79.3 Å². The zero-order valence-electron chi connectivity index (χ0n) is 8.45. The molecule has 13 heavy (non-hydrogen) atoms. The van der Waals surface area contributed by atoms with E-state index in [0.29, 0.717) is 0 Å². The van der Waals surface area contributed by atoms with E-state index < -0.39 is 0 Å². The minimum Gasteiger partial charge on any atom is -0.383 e. The Balaban J connectivity index is 2.60. The predicted octanol–water partition coefficient (Wildman–Crippen LogP) is 1.47. The molecule has 0 unspecified atom stereocenters. The molecule has 72 valence electrons. The van der Waals surface area contributed by atoms with Crippen LogP contribution in [0.15, 0.2) is 18.3 Å². The molecule has 1 aromatic heterocycles. The molecule has 0 spiro atoms. The first-order chi connectivity index (χ1) is 6.24. The molecule has 0 atom stereocenters. The van der Waals surface area contributed by atoms with Gasteiger partial charge in [0.15, 0.2) is 0 Å². The number of anilines is 1. The first-order valence-corrected chi connectivity index (χ1v) is 4.37. The Morgan fingerprint density at radius 3 is 2.92 bits per heavy atom. The summed E-state index contributed by atoms with van der Waals surface area (Å²) in [5.74, 6) is 0.997. The SMILES string of the molecule is COCCN(C)c1cc(C)ccn1. The van der Waals surface area contributed by atoms with E-state index in [1.807, 2.05) is 19.3 Å². The van der Waals surface area contributed by atoms with E-state index in [9.17, 15) is 0 Å². The number of rotatable bonds is 4. The molecular formula is C10H16N2O. The molecule has 0 aliphatic carbocycles. The molecule has 0 aliphatic rings. The van der Waals surface area contributed by atoms with Gasteiger partial charge in [-0.2, -0.15) is 0 Å². The van der Waals surface area contributed by atoms with E-state index in [1.165, 1.54) is 5.56 Å². The summed E-state index contributed by atoms with van der Waals surface area (Å²) in [4.78, 5) is 6.34. The first kappa shape index (κ1) is 9.99. The van der Waals surface area contributed by atoms with Gasteiger partial charge in [0.25, 0.3) is 0 Å². The molecule has 3 heteroatoms. The zero-order chi connectivity index (χ0) is 9.68. The summed E-state index contributed by atoms with van der Waals surface area (Å²) < 4.78 is 4.99. The molecule has 0 fully saturated rings. The van der Waals surface area contributed by atoms with Crippen molar-refractivity contribution in [1.29, 1.82) is 0 Å². The number of nitrogens with zero attached hydrogens (tertiary/aromatic N) is 2. The van der Waals surface area contributed by atoms with Crippen LogP contribution in [0.1, 0.15) is 5.56 Å². The van der Waals surface area contributed by atoms with Gasteiger partial charge in [0.1, 0.15) is 5.82 Å². The van der Waals surface area contributed by atoms with Crippen molar-refractivity contribution in [2.75, 3.05) is 32.2 Å². The predicted molar refractivity (Wildman–Crippen MR) is 54.1 cm³/mol. The van der Waals surface area contributed by atoms with Crippen molar-refractivity contribution in [3.63, 3.8) is 0 Å². The van der Waals surface area contributed by atoms with Crippen LogP contribution in [0, 0.1) is 6.92 Å². The van der Waals surface area contributed by atoms with Gasteiger partial charge >= 0.3 is 0 Å². The van der Waals surface area contributed by atoms with Crippen molar-refractivity contribution in [2.24, 2.45) is 0 Å². The fraction of sp³-hybridized carbons (Fsp3) is 0.500. The molecule has 0 saturated heterocycles. The monoisotopic (exact) mass is 180 g/mol. The van der Waals surface area contributed by atoms with Gasteiger partial charge < -0.3 is 9.64 Å². The lowest BCUT2D eigenvalue weighted by Crippen LogP contribution is -2.22. The topological polar surface area (TPSA) is 25.4 Å². The highest BCUT2D eigenvalue weighted by Gasteiger charge is 2.00. The molecule has 0 amide bonds. The van der Waals surface area contributed by atoms with Crippen LogP contribution in [0.3, 0.4) is 0 Å². The second kappa shape index (κ2) is 4.82. The molecule has 1 aromatic rings. The average molecular weight is 180 g/mol. The highest BCUT2D eigenvalue weighted by molar-refractivity contribution is 5.39. The van der Waals surface area contributed by atoms with Crippen molar-refractivity contribution in [2.45, 2.75) is 6.92 Å². The van der Waals surface area contributed by atoms with E-state index in [4.69, 9.17) is 4.74 Å². The lowest BCUT2D eigenvalue weighted by atomic mass is 10.3. The third kappa shape index (κ3) is 3.03. The van der Waals surface area contributed by atoms with E-state index in [0.717, 1.165) is 19.0 Å². The molecule has 0 N–H and O–H groups in total. The molecule has 1 heterocycles. The summed E-state index contributed by atoms with van der Waals surface area (Å²) in [6.45, 7) is 3.66. The summed E-state index contributed by atoms with van der Waals surface area (Å²) in [6, 6.07) is 4.06. The van der Waals surface area contributed by atoms with Crippen LogP contribution in [0.5, 0.6) is 0 Å². The lowest BCUT2D eigenvalue weighted by molar-refractivity contribution is 0.206. The van der Waals surface area contributed by atoms with Crippen molar-refractivity contribution in [3.8, 4) is 0 Å². The molecule has 0 saturated carbocycles.